The fourth-order valence-electron chi connectivity index (χ4n) is 2.09. The number of hydrogen-bond donors (Lipinski definition) is 1. The molecule has 0 spiro atoms. The van der Waals surface area contributed by atoms with Crippen LogP contribution in [-0.2, 0) is 6.18 Å². The summed E-state index contributed by atoms with van der Waals surface area (Å²) in [6.07, 6.45) is -1.16. The zero-order valence-electron chi connectivity index (χ0n) is 11.1. The van der Waals surface area contributed by atoms with Crippen molar-refractivity contribution in [2.75, 3.05) is 7.05 Å². The Labute approximate surface area is 111 Å². The topological polar surface area (TPSA) is 12.0 Å². The number of unbranched alkanes of at least 4 members (excludes halogenated alkanes) is 2. The van der Waals surface area contributed by atoms with Crippen molar-refractivity contribution in [3.05, 3.63) is 35.1 Å². The second-order valence-electron chi connectivity index (χ2n) is 4.54. The molecule has 0 saturated heterocycles. The van der Waals surface area contributed by atoms with E-state index in [9.17, 15) is 17.6 Å². The highest BCUT2D eigenvalue weighted by Crippen LogP contribution is 2.34. The molecule has 1 rings (SSSR count). The molecule has 0 heterocycles. The third-order valence-corrected chi connectivity index (χ3v) is 3.15. The molecule has 1 atom stereocenters. The first kappa shape index (κ1) is 16.0. The molecule has 5 heteroatoms. The lowest BCUT2D eigenvalue weighted by Gasteiger charge is -2.19. The van der Waals surface area contributed by atoms with Gasteiger partial charge in [-0.1, -0.05) is 38.3 Å². The van der Waals surface area contributed by atoms with Crippen molar-refractivity contribution in [1.29, 1.82) is 0 Å². The molecule has 0 amide bonds. The summed E-state index contributed by atoms with van der Waals surface area (Å²) in [7, 11) is 1.64. The van der Waals surface area contributed by atoms with Gasteiger partial charge in [-0.2, -0.15) is 13.2 Å². The molecule has 0 fully saturated rings. The summed E-state index contributed by atoms with van der Waals surface area (Å²) in [6.45, 7) is 2.04. The minimum absolute atomic E-state index is 0.0911. The Balaban J connectivity index is 2.98. The van der Waals surface area contributed by atoms with E-state index in [0.717, 1.165) is 25.3 Å². The molecule has 0 aromatic heterocycles. The molecule has 0 bridgehead atoms. The van der Waals surface area contributed by atoms with Crippen LogP contribution in [0.25, 0.3) is 0 Å². The normalized spacial score (nSPS) is 13.6. The van der Waals surface area contributed by atoms with Crippen LogP contribution in [-0.4, -0.2) is 7.05 Å². The lowest BCUT2D eigenvalue weighted by atomic mass is 9.98. The van der Waals surface area contributed by atoms with Crippen molar-refractivity contribution in [2.24, 2.45) is 0 Å². The van der Waals surface area contributed by atoms with Crippen LogP contribution in [0.3, 0.4) is 0 Å². The van der Waals surface area contributed by atoms with Gasteiger partial charge in [0.15, 0.2) is 0 Å². The van der Waals surface area contributed by atoms with Crippen molar-refractivity contribution in [1.82, 2.24) is 5.32 Å². The largest absolute Gasteiger partial charge is 0.419 e. The summed E-state index contributed by atoms with van der Waals surface area (Å²) < 4.78 is 51.9. The Morgan fingerprint density at radius 3 is 2.42 bits per heavy atom. The third-order valence-electron chi connectivity index (χ3n) is 3.15. The second-order valence-corrected chi connectivity index (χ2v) is 4.54. The van der Waals surface area contributed by atoms with Gasteiger partial charge in [0, 0.05) is 11.6 Å². The minimum Gasteiger partial charge on any atom is -0.313 e. The minimum atomic E-state index is -4.65. The smallest absolute Gasteiger partial charge is 0.313 e. The predicted molar refractivity (Wildman–Crippen MR) is 67.3 cm³/mol. The SMILES string of the molecule is CCCCCC(NC)c1cccc(C(F)(F)F)c1F. The molecule has 1 aromatic carbocycles. The van der Waals surface area contributed by atoms with Gasteiger partial charge in [-0.3, -0.25) is 0 Å². The Hall–Kier alpha value is -1.10. The molecule has 1 nitrogen and oxygen atoms in total. The number of nitrogens with one attached hydrogen (secondary N) is 1. The van der Waals surface area contributed by atoms with E-state index in [-0.39, 0.29) is 11.6 Å². The van der Waals surface area contributed by atoms with Gasteiger partial charge in [0.1, 0.15) is 5.82 Å². The lowest BCUT2D eigenvalue weighted by molar-refractivity contribution is -0.140. The number of halogens is 4. The zero-order valence-corrected chi connectivity index (χ0v) is 11.1. The number of hydrogen-bond acceptors (Lipinski definition) is 1. The standard InChI is InChI=1S/C14H19F4N/c1-3-4-5-9-12(19-2)10-7-6-8-11(13(10)15)14(16,17)18/h6-8,12,19H,3-5,9H2,1-2H3. The van der Waals surface area contributed by atoms with Crippen molar-refractivity contribution in [2.45, 2.75) is 44.8 Å². The quantitative estimate of drug-likeness (QED) is 0.588. The monoisotopic (exact) mass is 277 g/mol. The average Bonchev–Trinajstić information content (AvgIpc) is 2.34. The van der Waals surface area contributed by atoms with Crippen molar-refractivity contribution >= 4 is 0 Å². The summed E-state index contributed by atoms with van der Waals surface area (Å²) in [5, 5.41) is 2.89. The number of alkyl halides is 3. The Morgan fingerprint density at radius 2 is 1.89 bits per heavy atom. The number of rotatable bonds is 6. The van der Waals surface area contributed by atoms with Gasteiger partial charge in [0.05, 0.1) is 5.56 Å². The lowest BCUT2D eigenvalue weighted by Crippen LogP contribution is -2.20. The first-order valence-electron chi connectivity index (χ1n) is 6.44. The molecule has 1 N–H and O–H groups in total. The van der Waals surface area contributed by atoms with E-state index in [0.29, 0.717) is 6.42 Å². The summed E-state index contributed by atoms with van der Waals surface area (Å²) in [4.78, 5) is 0. The van der Waals surface area contributed by atoms with Gasteiger partial charge in [-0.25, -0.2) is 4.39 Å². The van der Waals surface area contributed by atoms with Crippen LogP contribution in [0.1, 0.15) is 49.8 Å². The van der Waals surface area contributed by atoms with Crippen molar-refractivity contribution in [3.63, 3.8) is 0 Å². The highest BCUT2D eigenvalue weighted by molar-refractivity contribution is 5.30. The Bertz CT molecular complexity index is 401. The number of benzene rings is 1. The van der Waals surface area contributed by atoms with Crippen LogP contribution in [0.4, 0.5) is 17.6 Å². The Kier molecular flexibility index (Phi) is 5.79. The van der Waals surface area contributed by atoms with Crippen LogP contribution in [0.2, 0.25) is 0 Å². The summed E-state index contributed by atoms with van der Waals surface area (Å²) in [5.41, 5.74) is -1.10. The van der Waals surface area contributed by atoms with Crippen LogP contribution in [0.15, 0.2) is 18.2 Å². The maximum atomic E-state index is 14.0. The molecule has 0 aliphatic heterocycles. The summed E-state index contributed by atoms with van der Waals surface area (Å²) in [5.74, 6) is -1.16. The van der Waals surface area contributed by atoms with E-state index >= 15 is 0 Å². The summed E-state index contributed by atoms with van der Waals surface area (Å²) >= 11 is 0. The first-order valence-corrected chi connectivity index (χ1v) is 6.44. The zero-order chi connectivity index (χ0) is 14.5. The van der Waals surface area contributed by atoms with E-state index < -0.39 is 17.6 Å². The van der Waals surface area contributed by atoms with Gasteiger partial charge < -0.3 is 5.32 Å². The third kappa shape index (κ3) is 4.20. The maximum absolute atomic E-state index is 14.0. The highest BCUT2D eigenvalue weighted by Gasteiger charge is 2.35. The van der Waals surface area contributed by atoms with Crippen LogP contribution < -0.4 is 5.32 Å². The fraction of sp³-hybridized carbons (Fsp3) is 0.571. The van der Waals surface area contributed by atoms with Gasteiger partial charge in [0.25, 0.3) is 0 Å². The van der Waals surface area contributed by atoms with Crippen LogP contribution in [0.5, 0.6) is 0 Å². The molecule has 0 aliphatic rings. The molecule has 19 heavy (non-hydrogen) atoms. The second kappa shape index (κ2) is 6.89. The summed E-state index contributed by atoms with van der Waals surface area (Å²) in [6, 6.07) is 3.06. The fourth-order valence-corrected chi connectivity index (χ4v) is 2.09. The van der Waals surface area contributed by atoms with E-state index in [1.807, 2.05) is 6.92 Å². The van der Waals surface area contributed by atoms with E-state index in [1.54, 1.807) is 7.05 Å². The van der Waals surface area contributed by atoms with Gasteiger partial charge in [-0.15, -0.1) is 0 Å². The molecule has 1 unspecified atom stereocenters. The van der Waals surface area contributed by atoms with Gasteiger partial charge in [-0.05, 0) is 19.5 Å². The molecular weight excluding hydrogens is 258 g/mol. The first-order chi connectivity index (χ1) is 8.91. The van der Waals surface area contributed by atoms with E-state index in [2.05, 4.69) is 5.32 Å². The Morgan fingerprint density at radius 1 is 1.21 bits per heavy atom. The molecule has 1 aromatic rings. The highest BCUT2D eigenvalue weighted by atomic mass is 19.4. The molecule has 0 radical (unpaired) electrons. The molecule has 0 saturated carbocycles. The van der Waals surface area contributed by atoms with Crippen molar-refractivity contribution < 1.29 is 17.6 Å². The van der Waals surface area contributed by atoms with E-state index in [1.165, 1.54) is 12.1 Å². The molecular formula is C14H19F4N. The van der Waals surface area contributed by atoms with Crippen LogP contribution >= 0.6 is 0 Å². The van der Waals surface area contributed by atoms with Gasteiger partial charge in [0.2, 0.25) is 0 Å². The maximum Gasteiger partial charge on any atom is 0.419 e. The predicted octanol–water partition coefficient (Wildman–Crippen LogP) is 4.69. The molecule has 0 aliphatic carbocycles. The van der Waals surface area contributed by atoms with Gasteiger partial charge >= 0.3 is 6.18 Å². The van der Waals surface area contributed by atoms with Crippen molar-refractivity contribution in [3.8, 4) is 0 Å². The molecule has 108 valence electrons. The van der Waals surface area contributed by atoms with E-state index in [4.69, 9.17) is 0 Å². The average molecular weight is 277 g/mol. The van der Waals surface area contributed by atoms with Crippen LogP contribution in [0, 0.1) is 5.82 Å².